The number of esters is 2. The lowest BCUT2D eigenvalue weighted by molar-refractivity contribution is -0.172. The summed E-state index contributed by atoms with van der Waals surface area (Å²) in [5.41, 5.74) is -2.55. The van der Waals surface area contributed by atoms with Gasteiger partial charge in [-0.2, -0.15) is 0 Å². The zero-order chi connectivity index (χ0) is 38.1. The molecule has 13 nitrogen and oxygen atoms in total. The number of Topliss-reactive ketones (excluding diaryl/α,β-unsaturated/α-hetero) is 1. The van der Waals surface area contributed by atoms with E-state index in [-0.39, 0.29) is 18.8 Å². The van der Waals surface area contributed by atoms with Crippen molar-refractivity contribution in [2.24, 2.45) is 5.92 Å². The Hall–Kier alpha value is -4.70. The van der Waals surface area contributed by atoms with Crippen LogP contribution in [0.1, 0.15) is 103 Å². The summed E-state index contributed by atoms with van der Waals surface area (Å²) in [6, 6.07) is 4.97. The monoisotopic (exact) mass is 715 g/mol. The van der Waals surface area contributed by atoms with Gasteiger partial charge in [-0.15, -0.1) is 5.92 Å². The molecule has 0 aliphatic carbocycles. The third kappa shape index (κ3) is 18.2. The van der Waals surface area contributed by atoms with Gasteiger partial charge in [0.2, 0.25) is 5.91 Å². The summed E-state index contributed by atoms with van der Waals surface area (Å²) < 4.78 is 15.0. The van der Waals surface area contributed by atoms with Gasteiger partial charge in [0.1, 0.15) is 24.2 Å². The van der Waals surface area contributed by atoms with Crippen molar-refractivity contribution in [1.82, 2.24) is 5.32 Å². The Labute approximate surface area is 300 Å². The average Bonchev–Trinajstić information content (AvgIpc) is 3.09. The molecule has 0 unspecified atom stereocenters. The molecule has 0 fully saturated rings. The van der Waals surface area contributed by atoms with Crippen LogP contribution < -0.4 is 10.1 Å². The van der Waals surface area contributed by atoms with Gasteiger partial charge < -0.3 is 34.8 Å². The standard InChI is InChI=1S/C38H53NO12/c1-4-6-8-11-14-17-29(40)18-15-12-9-10-13-16-19-31(38(48,37(46)47)26-33(41)42)35(44)39-32(36(45)51-27-34(43)49-3)25-28-20-22-30(23-21-28)50-24-7-5-2/h16,19-23,31-32,48H,4,6,8-15,17-18,24-27H2,1-3H3,(H,39,44)(H,41,42)(H,46,47)/b19-16+/t31-,32+,38+/m1/s1. The van der Waals surface area contributed by atoms with Crippen molar-refractivity contribution in [1.29, 1.82) is 0 Å². The molecule has 51 heavy (non-hydrogen) atoms. The number of carbonyl (C=O) groups is 6. The number of carbonyl (C=O) groups excluding carboxylic acids is 4. The molecule has 1 rings (SSSR count). The zero-order valence-corrected chi connectivity index (χ0v) is 29.9. The summed E-state index contributed by atoms with van der Waals surface area (Å²) in [5, 5.41) is 32.7. The first-order chi connectivity index (χ1) is 24.4. The lowest BCUT2D eigenvalue weighted by Crippen LogP contribution is -2.55. The predicted molar refractivity (Wildman–Crippen MR) is 188 cm³/mol. The van der Waals surface area contributed by atoms with Crippen molar-refractivity contribution in [3.8, 4) is 17.6 Å². The number of benzene rings is 1. The molecule has 4 N–H and O–H groups in total. The number of rotatable bonds is 27. The molecule has 13 heteroatoms. The molecule has 1 aromatic carbocycles. The highest BCUT2D eigenvalue weighted by Crippen LogP contribution is 2.26. The van der Waals surface area contributed by atoms with Crippen LogP contribution in [0.3, 0.4) is 0 Å². The van der Waals surface area contributed by atoms with E-state index in [1.807, 2.05) is 0 Å². The predicted octanol–water partition coefficient (Wildman–Crippen LogP) is 4.57. The molecule has 0 heterocycles. The fourth-order valence-corrected chi connectivity index (χ4v) is 5.13. The van der Waals surface area contributed by atoms with Crippen LogP contribution in [0.2, 0.25) is 0 Å². The molecule has 0 saturated heterocycles. The van der Waals surface area contributed by atoms with Gasteiger partial charge >= 0.3 is 23.9 Å². The number of carboxylic acid groups (broad SMARTS) is 2. The van der Waals surface area contributed by atoms with Gasteiger partial charge in [0.25, 0.3) is 0 Å². The van der Waals surface area contributed by atoms with Gasteiger partial charge in [-0.05, 0) is 50.3 Å². The average molecular weight is 716 g/mol. The molecule has 1 amide bonds. The number of unbranched alkanes of at least 4 members (excludes halogenated alkanes) is 8. The number of ether oxygens (including phenoxy) is 3. The molecule has 1 aromatic rings. The first-order valence-electron chi connectivity index (χ1n) is 17.4. The second-order valence-corrected chi connectivity index (χ2v) is 12.2. The van der Waals surface area contributed by atoms with E-state index in [1.54, 1.807) is 31.2 Å². The third-order valence-corrected chi connectivity index (χ3v) is 8.06. The maximum absolute atomic E-state index is 13.6. The van der Waals surface area contributed by atoms with E-state index in [0.717, 1.165) is 58.1 Å². The van der Waals surface area contributed by atoms with Crippen LogP contribution in [0.15, 0.2) is 36.4 Å². The molecule has 0 aliphatic heterocycles. The van der Waals surface area contributed by atoms with E-state index in [9.17, 15) is 44.1 Å². The topological polar surface area (TPSA) is 203 Å². The highest BCUT2D eigenvalue weighted by atomic mass is 16.6. The SMILES string of the molecule is CC#CCOc1ccc(C[C@H](NC(=O)[C@@H](/C=C/CCCCCCC(=O)CCCCCCC)[C@@](O)(CC(=O)O)C(=O)O)C(=O)OCC(=O)OC)cc1. The van der Waals surface area contributed by atoms with Gasteiger partial charge in [-0.3, -0.25) is 14.4 Å². The first kappa shape index (κ1) is 44.3. The number of aliphatic hydroxyl groups is 1. The minimum atomic E-state index is -3.07. The second-order valence-electron chi connectivity index (χ2n) is 12.2. The van der Waals surface area contributed by atoms with E-state index < -0.39 is 60.4 Å². The smallest absolute Gasteiger partial charge is 0.344 e. The molecule has 0 aliphatic rings. The van der Waals surface area contributed by atoms with Crippen molar-refractivity contribution in [2.45, 2.75) is 115 Å². The Bertz CT molecular complexity index is 1360. The first-order valence-corrected chi connectivity index (χ1v) is 17.4. The molecular formula is C38H53NO12. The van der Waals surface area contributed by atoms with Crippen molar-refractivity contribution in [2.75, 3.05) is 20.3 Å². The number of hydrogen-bond donors (Lipinski definition) is 4. The Morgan fingerprint density at radius 3 is 2.12 bits per heavy atom. The zero-order valence-electron chi connectivity index (χ0n) is 29.9. The molecule has 0 spiro atoms. The number of ketones is 1. The maximum Gasteiger partial charge on any atom is 0.344 e. The van der Waals surface area contributed by atoms with Crippen molar-refractivity contribution in [3.05, 3.63) is 42.0 Å². The molecule has 0 saturated carbocycles. The minimum absolute atomic E-state index is 0.159. The van der Waals surface area contributed by atoms with Crippen LogP contribution in [0, 0.1) is 17.8 Å². The lowest BCUT2D eigenvalue weighted by Gasteiger charge is -2.29. The summed E-state index contributed by atoms with van der Waals surface area (Å²) in [7, 11) is 1.09. The van der Waals surface area contributed by atoms with Crippen LogP contribution in [-0.2, 0) is 44.7 Å². The van der Waals surface area contributed by atoms with E-state index >= 15 is 0 Å². The quantitative estimate of drug-likeness (QED) is 0.0429. The summed E-state index contributed by atoms with van der Waals surface area (Å²) in [6.07, 6.45) is 11.0. The number of amides is 1. The van der Waals surface area contributed by atoms with Crippen LogP contribution >= 0.6 is 0 Å². The largest absolute Gasteiger partial charge is 0.481 e. The molecule has 0 aromatic heterocycles. The maximum atomic E-state index is 13.6. The van der Waals surface area contributed by atoms with Crippen molar-refractivity contribution >= 4 is 35.6 Å². The van der Waals surface area contributed by atoms with Crippen LogP contribution in [0.5, 0.6) is 5.75 Å². The van der Waals surface area contributed by atoms with Gasteiger partial charge in [0, 0.05) is 19.3 Å². The van der Waals surface area contributed by atoms with Crippen LogP contribution in [-0.4, -0.2) is 82.9 Å². The molecule has 0 bridgehead atoms. The Balaban J connectivity index is 3.04. The van der Waals surface area contributed by atoms with Crippen molar-refractivity contribution < 1.29 is 58.3 Å². The minimum Gasteiger partial charge on any atom is -0.481 e. The number of hydrogen-bond acceptors (Lipinski definition) is 10. The molecular weight excluding hydrogens is 662 g/mol. The van der Waals surface area contributed by atoms with E-state index in [0.29, 0.717) is 37.0 Å². The molecule has 282 valence electrons. The van der Waals surface area contributed by atoms with Crippen LogP contribution in [0.4, 0.5) is 0 Å². The fourth-order valence-electron chi connectivity index (χ4n) is 5.13. The Morgan fingerprint density at radius 1 is 0.922 bits per heavy atom. The van der Waals surface area contributed by atoms with Crippen LogP contribution in [0.25, 0.3) is 0 Å². The number of methoxy groups -OCH3 is 1. The van der Waals surface area contributed by atoms with E-state index in [4.69, 9.17) is 9.47 Å². The normalized spacial score (nSPS) is 13.2. The van der Waals surface area contributed by atoms with Gasteiger partial charge in [0.15, 0.2) is 12.2 Å². The summed E-state index contributed by atoms with van der Waals surface area (Å²) in [6.45, 7) is 3.21. The summed E-state index contributed by atoms with van der Waals surface area (Å²) in [4.78, 5) is 74.2. The summed E-state index contributed by atoms with van der Waals surface area (Å²) >= 11 is 0. The second kappa shape index (κ2) is 25.3. The van der Waals surface area contributed by atoms with Gasteiger partial charge in [0.05, 0.1) is 19.4 Å². The fraction of sp³-hybridized carbons (Fsp3) is 0.579. The lowest BCUT2D eigenvalue weighted by atomic mass is 9.82. The van der Waals surface area contributed by atoms with E-state index in [2.05, 4.69) is 28.8 Å². The highest BCUT2D eigenvalue weighted by molar-refractivity contribution is 5.95. The van der Waals surface area contributed by atoms with Crippen molar-refractivity contribution in [3.63, 3.8) is 0 Å². The number of aliphatic carboxylic acids is 2. The van der Waals surface area contributed by atoms with Gasteiger partial charge in [-0.25, -0.2) is 14.4 Å². The highest BCUT2D eigenvalue weighted by Gasteiger charge is 2.49. The van der Waals surface area contributed by atoms with Gasteiger partial charge in [-0.1, -0.05) is 75.7 Å². The number of nitrogens with one attached hydrogen (secondary N) is 1. The number of allylic oxidation sites excluding steroid dienone is 1. The molecule has 0 radical (unpaired) electrons. The third-order valence-electron chi connectivity index (χ3n) is 8.06. The molecule has 3 atom stereocenters. The Kier molecular flexibility index (Phi) is 22.0. The van der Waals surface area contributed by atoms with E-state index in [1.165, 1.54) is 12.5 Å². The summed E-state index contributed by atoms with van der Waals surface area (Å²) in [5.74, 6) is -2.40. The number of carboxylic acids is 2. The Morgan fingerprint density at radius 2 is 1.55 bits per heavy atom.